The highest BCUT2D eigenvalue weighted by Crippen LogP contribution is 2.27. The maximum Gasteiger partial charge on any atom is 0.299 e. The largest absolute Gasteiger partial charge is 0.443 e. The predicted octanol–water partition coefficient (Wildman–Crippen LogP) is 3.60. The summed E-state index contributed by atoms with van der Waals surface area (Å²) in [5, 5.41) is 3.00. The third-order valence-corrected chi connectivity index (χ3v) is 4.15. The van der Waals surface area contributed by atoms with Gasteiger partial charge in [-0.3, -0.25) is 4.72 Å². The summed E-state index contributed by atoms with van der Waals surface area (Å²) in [6, 6.07) is 12.6. The Morgan fingerprint density at radius 2 is 1.88 bits per heavy atom. The third kappa shape index (κ3) is 3.52. The van der Waals surface area contributed by atoms with Gasteiger partial charge in [0.15, 0.2) is 17.7 Å². The summed E-state index contributed by atoms with van der Waals surface area (Å²) in [6.07, 6.45) is 4.08. The van der Waals surface area contributed by atoms with Gasteiger partial charge in [-0.05, 0) is 36.4 Å². The minimum Gasteiger partial charge on any atom is -0.443 e. The van der Waals surface area contributed by atoms with Crippen LogP contribution in [0.5, 0.6) is 0 Å². The fourth-order valence-corrected chi connectivity index (χ4v) is 3.03. The van der Waals surface area contributed by atoms with Gasteiger partial charge in [0, 0.05) is 11.3 Å². The molecule has 0 fully saturated rings. The highest BCUT2D eigenvalue weighted by molar-refractivity contribution is 7.92. The number of rotatable bonds is 5. The molecule has 0 saturated carbocycles. The van der Waals surface area contributed by atoms with Crippen molar-refractivity contribution in [3.63, 3.8) is 0 Å². The van der Waals surface area contributed by atoms with E-state index in [0.29, 0.717) is 22.7 Å². The summed E-state index contributed by atoms with van der Waals surface area (Å²) in [4.78, 5) is 8.27. The lowest BCUT2D eigenvalue weighted by Gasteiger charge is -2.06. The molecule has 0 bridgehead atoms. The lowest BCUT2D eigenvalue weighted by Crippen LogP contribution is -2.09. The Kier molecular flexibility index (Phi) is 3.85. The molecule has 26 heavy (non-hydrogen) atoms. The number of oxazole rings is 2. The summed E-state index contributed by atoms with van der Waals surface area (Å²) >= 11 is 0. The first-order valence-corrected chi connectivity index (χ1v) is 9.50. The quantitative estimate of drug-likeness (QED) is 0.552. The molecule has 0 aliphatic heterocycles. The molecular weight excluding hydrogens is 356 g/mol. The molecule has 0 atom stereocenters. The Morgan fingerprint density at radius 1 is 1.04 bits per heavy atom. The number of benzene rings is 2. The van der Waals surface area contributed by atoms with Crippen molar-refractivity contribution in [1.82, 2.24) is 9.97 Å². The van der Waals surface area contributed by atoms with E-state index in [2.05, 4.69) is 20.0 Å². The monoisotopic (exact) mass is 370 g/mol. The molecule has 2 N–H and O–H groups in total. The fourth-order valence-electron chi connectivity index (χ4n) is 2.47. The van der Waals surface area contributed by atoms with Crippen LogP contribution in [-0.4, -0.2) is 24.6 Å². The van der Waals surface area contributed by atoms with Crippen molar-refractivity contribution >= 4 is 38.5 Å². The molecule has 2 heterocycles. The normalized spacial score (nSPS) is 11.6. The molecule has 0 unspecified atom stereocenters. The minimum absolute atomic E-state index is 0.286. The number of sulfonamides is 1. The van der Waals surface area contributed by atoms with Crippen molar-refractivity contribution in [2.45, 2.75) is 0 Å². The highest BCUT2D eigenvalue weighted by atomic mass is 32.2. The van der Waals surface area contributed by atoms with Crippen molar-refractivity contribution in [1.29, 1.82) is 0 Å². The van der Waals surface area contributed by atoms with Crippen LogP contribution in [0.15, 0.2) is 63.9 Å². The van der Waals surface area contributed by atoms with Crippen LogP contribution in [-0.2, 0) is 10.0 Å². The summed E-state index contributed by atoms with van der Waals surface area (Å²) in [7, 11) is -3.34. The number of hydrogen-bond acceptors (Lipinski definition) is 7. The average molecular weight is 370 g/mol. The van der Waals surface area contributed by atoms with Crippen LogP contribution in [0.1, 0.15) is 0 Å². The Bertz CT molecular complexity index is 1180. The third-order valence-electron chi connectivity index (χ3n) is 3.54. The minimum atomic E-state index is -3.34. The molecular formula is C17H14N4O4S. The van der Waals surface area contributed by atoms with Crippen LogP contribution in [0.25, 0.3) is 22.4 Å². The standard InChI is InChI=1S/C17H14N4O4S/c1-26(22,23)21-13-4-2-3-12(8-13)20-17-18-9-16(25-17)11-5-6-14-15(7-11)24-10-19-14/h2-10,21H,1H3,(H,18,20). The van der Waals surface area contributed by atoms with E-state index in [-0.39, 0.29) is 6.01 Å². The molecule has 9 heteroatoms. The van der Waals surface area contributed by atoms with Crippen LogP contribution in [0.2, 0.25) is 0 Å². The molecule has 2 aromatic carbocycles. The molecule has 0 radical (unpaired) electrons. The van der Waals surface area contributed by atoms with Gasteiger partial charge in [-0.2, -0.15) is 0 Å². The number of hydrogen-bond donors (Lipinski definition) is 2. The molecule has 0 aliphatic rings. The van der Waals surface area contributed by atoms with E-state index in [9.17, 15) is 8.42 Å². The first kappa shape index (κ1) is 16.2. The second-order valence-corrected chi connectivity index (χ2v) is 7.39. The van der Waals surface area contributed by atoms with Gasteiger partial charge in [-0.25, -0.2) is 18.4 Å². The van der Waals surface area contributed by atoms with Gasteiger partial charge in [-0.15, -0.1) is 0 Å². The fraction of sp³-hybridized carbons (Fsp3) is 0.0588. The Hall–Kier alpha value is -3.33. The molecule has 0 amide bonds. The van der Waals surface area contributed by atoms with E-state index in [1.54, 1.807) is 30.5 Å². The lowest BCUT2D eigenvalue weighted by atomic mass is 10.2. The Labute approximate surface area is 148 Å². The van der Waals surface area contributed by atoms with Crippen LogP contribution in [0.3, 0.4) is 0 Å². The molecule has 0 aliphatic carbocycles. The molecule has 4 aromatic rings. The Morgan fingerprint density at radius 3 is 2.73 bits per heavy atom. The number of fused-ring (bicyclic) bond motifs is 1. The van der Waals surface area contributed by atoms with Gasteiger partial charge in [0.25, 0.3) is 6.01 Å². The summed E-state index contributed by atoms with van der Waals surface area (Å²) in [6.45, 7) is 0. The van der Waals surface area contributed by atoms with Gasteiger partial charge in [0.2, 0.25) is 10.0 Å². The van der Waals surface area contributed by atoms with Crippen molar-refractivity contribution in [3.05, 3.63) is 55.1 Å². The average Bonchev–Trinajstić information content (AvgIpc) is 3.21. The molecule has 0 saturated heterocycles. The van der Waals surface area contributed by atoms with Crippen molar-refractivity contribution in [2.24, 2.45) is 0 Å². The van der Waals surface area contributed by atoms with E-state index >= 15 is 0 Å². The first-order chi connectivity index (χ1) is 12.5. The first-order valence-electron chi connectivity index (χ1n) is 7.61. The van der Waals surface area contributed by atoms with E-state index in [1.807, 2.05) is 18.2 Å². The van der Waals surface area contributed by atoms with E-state index in [1.165, 1.54) is 6.39 Å². The molecule has 4 rings (SSSR count). The van der Waals surface area contributed by atoms with Crippen molar-refractivity contribution < 1.29 is 17.3 Å². The zero-order valence-electron chi connectivity index (χ0n) is 13.6. The SMILES string of the molecule is CS(=O)(=O)Nc1cccc(Nc2ncc(-c3ccc4ncoc4c3)o2)c1. The molecule has 0 spiro atoms. The summed E-state index contributed by atoms with van der Waals surface area (Å²) in [5.41, 5.74) is 3.31. The van der Waals surface area contributed by atoms with Gasteiger partial charge in [0.05, 0.1) is 18.1 Å². The molecule has 132 valence electrons. The van der Waals surface area contributed by atoms with Gasteiger partial charge < -0.3 is 14.2 Å². The van der Waals surface area contributed by atoms with E-state index in [0.717, 1.165) is 17.3 Å². The topological polar surface area (TPSA) is 110 Å². The van der Waals surface area contributed by atoms with E-state index < -0.39 is 10.0 Å². The van der Waals surface area contributed by atoms with Crippen molar-refractivity contribution in [2.75, 3.05) is 16.3 Å². The van der Waals surface area contributed by atoms with Crippen molar-refractivity contribution in [3.8, 4) is 11.3 Å². The van der Waals surface area contributed by atoms with Crippen LogP contribution >= 0.6 is 0 Å². The second-order valence-electron chi connectivity index (χ2n) is 5.64. The number of nitrogens with zero attached hydrogens (tertiary/aromatic N) is 2. The number of aromatic nitrogens is 2. The molecule has 2 aromatic heterocycles. The summed E-state index contributed by atoms with van der Waals surface area (Å²) < 4.78 is 36.1. The van der Waals surface area contributed by atoms with Crippen LogP contribution < -0.4 is 10.0 Å². The van der Waals surface area contributed by atoms with Gasteiger partial charge in [0.1, 0.15) is 5.52 Å². The highest BCUT2D eigenvalue weighted by Gasteiger charge is 2.10. The Balaban J connectivity index is 1.56. The zero-order valence-corrected chi connectivity index (χ0v) is 14.4. The number of nitrogens with one attached hydrogen (secondary N) is 2. The second kappa shape index (κ2) is 6.19. The van der Waals surface area contributed by atoms with Crippen LogP contribution in [0.4, 0.5) is 17.4 Å². The lowest BCUT2D eigenvalue weighted by molar-refractivity contribution is 0.590. The van der Waals surface area contributed by atoms with Gasteiger partial charge >= 0.3 is 0 Å². The predicted molar refractivity (Wildman–Crippen MR) is 97.7 cm³/mol. The number of anilines is 3. The smallest absolute Gasteiger partial charge is 0.299 e. The maximum atomic E-state index is 11.3. The zero-order chi connectivity index (χ0) is 18.1. The van der Waals surface area contributed by atoms with E-state index in [4.69, 9.17) is 8.83 Å². The van der Waals surface area contributed by atoms with Crippen LogP contribution in [0, 0.1) is 0 Å². The molecule has 8 nitrogen and oxygen atoms in total. The maximum absolute atomic E-state index is 11.3. The van der Waals surface area contributed by atoms with Gasteiger partial charge in [-0.1, -0.05) is 6.07 Å². The summed E-state index contributed by atoms with van der Waals surface area (Å²) in [5.74, 6) is 0.566.